The molecule has 0 saturated heterocycles. The third-order valence-electron chi connectivity index (χ3n) is 2.48. The molecule has 0 spiro atoms. The van der Waals surface area contributed by atoms with Gasteiger partial charge < -0.3 is 5.32 Å². The molecule has 1 N–H and O–H groups in total. The highest BCUT2D eigenvalue weighted by Gasteiger charge is 2.08. The van der Waals surface area contributed by atoms with Crippen molar-refractivity contribution >= 4 is 34.5 Å². The van der Waals surface area contributed by atoms with Gasteiger partial charge in [-0.25, -0.2) is 0 Å². The van der Waals surface area contributed by atoms with Gasteiger partial charge in [0.1, 0.15) is 0 Å². The van der Waals surface area contributed by atoms with Crippen LogP contribution >= 0.6 is 34.5 Å². The first-order valence-electron chi connectivity index (χ1n) is 5.24. The van der Waals surface area contributed by atoms with Crippen LogP contribution in [0.4, 0.5) is 0 Å². The average Bonchev–Trinajstić information content (AvgIpc) is 2.74. The first kappa shape index (κ1) is 12.8. The number of hydrogen-bond acceptors (Lipinski definition) is 3. The molecule has 5 heteroatoms. The maximum absolute atomic E-state index is 6.04. The largest absolute Gasteiger partial charge is 0.305 e. The summed E-state index contributed by atoms with van der Waals surface area (Å²) < 4.78 is 0.815. The van der Waals surface area contributed by atoms with Crippen LogP contribution in [-0.2, 0) is 6.54 Å². The van der Waals surface area contributed by atoms with Crippen LogP contribution in [0.5, 0.6) is 0 Å². The molecular formula is C12H12Cl2N2S. The average molecular weight is 287 g/mol. The Hall–Kier alpha value is -0.610. The summed E-state index contributed by atoms with van der Waals surface area (Å²) in [6.07, 6.45) is 3.40. The predicted octanol–water partition coefficient (Wildman–Crippen LogP) is 4.30. The number of hydrogen-bond donors (Lipinski definition) is 1. The second-order valence-electron chi connectivity index (χ2n) is 3.71. The molecule has 2 heterocycles. The van der Waals surface area contributed by atoms with Crippen molar-refractivity contribution in [2.75, 3.05) is 0 Å². The van der Waals surface area contributed by atoms with Gasteiger partial charge in [0.05, 0.1) is 9.36 Å². The lowest BCUT2D eigenvalue weighted by molar-refractivity contribution is 0.582. The fourth-order valence-corrected chi connectivity index (χ4v) is 2.75. The summed E-state index contributed by atoms with van der Waals surface area (Å²) in [6.45, 7) is 2.83. The number of pyridine rings is 1. The van der Waals surface area contributed by atoms with E-state index in [0.29, 0.717) is 5.02 Å². The van der Waals surface area contributed by atoms with Crippen molar-refractivity contribution in [2.24, 2.45) is 0 Å². The minimum absolute atomic E-state index is 0.261. The Morgan fingerprint density at radius 1 is 1.35 bits per heavy atom. The molecule has 90 valence electrons. The molecule has 0 aliphatic heterocycles. The van der Waals surface area contributed by atoms with Crippen LogP contribution < -0.4 is 5.32 Å². The number of nitrogens with zero attached hydrogens (tertiary/aromatic N) is 1. The first-order valence-corrected chi connectivity index (χ1v) is 6.81. The van der Waals surface area contributed by atoms with E-state index >= 15 is 0 Å². The lowest BCUT2D eigenvalue weighted by Gasteiger charge is -2.12. The van der Waals surface area contributed by atoms with Crippen LogP contribution in [-0.4, -0.2) is 4.98 Å². The number of thiophene rings is 1. The molecular weight excluding hydrogens is 275 g/mol. The minimum atomic E-state index is 0.261. The van der Waals surface area contributed by atoms with Gasteiger partial charge in [0.2, 0.25) is 0 Å². The summed E-state index contributed by atoms with van der Waals surface area (Å²) in [5.74, 6) is 0. The monoisotopic (exact) mass is 286 g/mol. The third kappa shape index (κ3) is 3.42. The standard InChI is InChI=1S/C12H12Cl2N2S/c1-8(11-2-3-12(14)17-11)16-6-9-4-5-15-7-10(9)13/h2-5,7-8,16H,6H2,1H3. The summed E-state index contributed by atoms with van der Waals surface area (Å²) in [5, 5.41) is 4.10. The Bertz CT molecular complexity index is 499. The van der Waals surface area contributed by atoms with E-state index in [2.05, 4.69) is 17.2 Å². The van der Waals surface area contributed by atoms with E-state index < -0.39 is 0 Å². The van der Waals surface area contributed by atoms with E-state index in [-0.39, 0.29) is 6.04 Å². The van der Waals surface area contributed by atoms with Gasteiger partial charge in [-0.2, -0.15) is 0 Å². The molecule has 0 aliphatic rings. The van der Waals surface area contributed by atoms with E-state index in [9.17, 15) is 0 Å². The first-order chi connectivity index (χ1) is 8.16. The van der Waals surface area contributed by atoms with Crippen molar-refractivity contribution in [2.45, 2.75) is 19.5 Å². The second kappa shape index (κ2) is 5.83. The van der Waals surface area contributed by atoms with Gasteiger partial charge in [-0.3, -0.25) is 4.98 Å². The van der Waals surface area contributed by atoms with Crippen molar-refractivity contribution in [3.8, 4) is 0 Å². The van der Waals surface area contributed by atoms with E-state index in [1.807, 2.05) is 18.2 Å². The van der Waals surface area contributed by atoms with Crippen LogP contribution in [0.25, 0.3) is 0 Å². The number of aromatic nitrogens is 1. The van der Waals surface area contributed by atoms with Gasteiger partial charge in [0, 0.05) is 29.9 Å². The SMILES string of the molecule is CC(NCc1ccncc1Cl)c1ccc(Cl)s1. The Morgan fingerprint density at radius 3 is 2.82 bits per heavy atom. The van der Waals surface area contributed by atoms with Crippen LogP contribution in [0, 0.1) is 0 Å². The van der Waals surface area contributed by atoms with E-state index in [1.54, 1.807) is 23.7 Å². The van der Waals surface area contributed by atoms with Crippen molar-refractivity contribution in [1.82, 2.24) is 10.3 Å². The van der Waals surface area contributed by atoms with Crippen LogP contribution in [0.3, 0.4) is 0 Å². The topological polar surface area (TPSA) is 24.9 Å². The molecule has 1 unspecified atom stereocenters. The quantitative estimate of drug-likeness (QED) is 0.906. The summed E-state index contributed by atoms with van der Waals surface area (Å²) in [6, 6.07) is 6.14. The van der Waals surface area contributed by atoms with Crippen molar-refractivity contribution in [1.29, 1.82) is 0 Å². The molecule has 17 heavy (non-hydrogen) atoms. The van der Waals surface area contributed by atoms with Crippen LogP contribution in [0.1, 0.15) is 23.4 Å². The Morgan fingerprint density at radius 2 is 2.18 bits per heavy atom. The molecule has 0 bridgehead atoms. The highest BCUT2D eigenvalue weighted by Crippen LogP contribution is 2.27. The van der Waals surface area contributed by atoms with Crippen molar-refractivity contribution in [3.05, 3.63) is 50.4 Å². The molecule has 1 atom stereocenters. The number of nitrogens with one attached hydrogen (secondary N) is 1. The lowest BCUT2D eigenvalue weighted by atomic mass is 10.2. The lowest BCUT2D eigenvalue weighted by Crippen LogP contribution is -2.17. The van der Waals surface area contributed by atoms with Gasteiger partial charge in [0.15, 0.2) is 0 Å². The molecule has 0 saturated carbocycles. The van der Waals surface area contributed by atoms with Gasteiger partial charge >= 0.3 is 0 Å². The predicted molar refractivity (Wildman–Crippen MR) is 73.8 cm³/mol. The number of rotatable bonds is 4. The number of halogens is 2. The fraction of sp³-hybridized carbons (Fsp3) is 0.250. The van der Waals surface area contributed by atoms with Crippen molar-refractivity contribution < 1.29 is 0 Å². The van der Waals surface area contributed by atoms with Crippen LogP contribution in [0.15, 0.2) is 30.6 Å². The maximum atomic E-state index is 6.04. The summed E-state index contributed by atoms with van der Waals surface area (Å²) in [7, 11) is 0. The maximum Gasteiger partial charge on any atom is 0.0931 e. The zero-order chi connectivity index (χ0) is 12.3. The summed E-state index contributed by atoms with van der Waals surface area (Å²) in [5.41, 5.74) is 1.05. The van der Waals surface area contributed by atoms with Crippen molar-refractivity contribution in [3.63, 3.8) is 0 Å². The third-order valence-corrected chi connectivity index (χ3v) is 4.23. The molecule has 0 amide bonds. The van der Waals surface area contributed by atoms with Gasteiger partial charge in [-0.1, -0.05) is 23.2 Å². The zero-order valence-corrected chi connectivity index (χ0v) is 11.6. The minimum Gasteiger partial charge on any atom is -0.305 e. The molecule has 2 aromatic rings. The van der Waals surface area contributed by atoms with Crippen LogP contribution in [0.2, 0.25) is 9.36 Å². The molecule has 0 fully saturated rings. The Balaban J connectivity index is 1.97. The summed E-state index contributed by atoms with van der Waals surface area (Å²) >= 11 is 13.5. The van der Waals surface area contributed by atoms with E-state index in [1.165, 1.54) is 4.88 Å². The zero-order valence-electron chi connectivity index (χ0n) is 9.28. The fourth-order valence-electron chi connectivity index (χ4n) is 1.47. The van der Waals surface area contributed by atoms with E-state index in [4.69, 9.17) is 23.2 Å². The highest BCUT2D eigenvalue weighted by atomic mass is 35.5. The second-order valence-corrected chi connectivity index (χ2v) is 5.87. The van der Waals surface area contributed by atoms with E-state index in [0.717, 1.165) is 16.4 Å². The molecule has 2 aromatic heterocycles. The normalized spacial score (nSPS) is 12.6. The molecule has 0 aromatic carbocycles. The van der Waals surface area contributed by atoms with Gasteiger partial charge in [0.25, 0.3) is 0 Å². The summed E-state index contributed by atoms with van der Waals surface area (Å²) in [4.78, 5) is 5.18. The smallest absolute Gasteiger partial charge is 0.0931 e. The Kier molecular flexibility index (Phi) is 4.40. The molecule has 2 nitrogen and oxygen atoms in total. The molecule has 0 aliphatic carbocycles. The van der Waals surface area contributed by atoms with Gasteiger partial charge in [-0.05, 0) is 30.7 Å². The Labute approximate surface area is 115 Å². The highest BCUT2D eigenvalue weighted by molar-refractivity contribution is 7.16. The molecule has 0 radical (unpaired) electrons. The van der Waals surface area contributed by atoms with Gasteiger partial charge in [-0.15, -0.1) is 11.3 Å². The molecule has 2 rings (SSSR count).